The van der Waals surface area contributed by atoms with E-state index >= 15 is 0 Å². The molecule has 0 atom stereocenters. The van der Waals surface area contributed by atoms with Crippen LogP contribution in [-0.4, -0.2) is 38.0 Å². The van der Waals surface area contributed by atoms with Gasteiger partial charge < -0.3 is 9.80 Å². The third-order valence-corrected chi connectivity index (χ3v) is 4.26. The minimum absolute atomic E-state index is 0.203. The number of carbonyl (C=O) groups excluding carboxylic acids is 1. The quantitative estimate of drug-likeness (QED) is 0.828. The molecule has 1 aromatic rings. The minimum Gasteiger partial charge on any atom is -0.311 e. The van der Waals surface area contributed by atoms with E-state index in [0.717, 1.165) is 12.2 Å². The molecule has 1 aliphatic rings. The summed E-state index contributed by atoms with van der Waals surface area (Å²) in [5, 5.41) is 0. The largest absolute Gasteiger partial charge is 0.311 e. The summed E-state index contributed by atoms with van der Waals surface area (Å²) < 4.78 is 0. The van der Waals surface area contributed by atoms with Gasteiger partial charge in [0.15, 0.2) is 0 Å². The first-order valence-corrected chi connectivity index (χ1v) is 8.08. The summed E-state index contributed by atoms with van der Waals surface area (Å²) >= 11 is 0. The van der Waals surface area contributed by atoms with Gasteiger partial charge in [0, 0.05) is 12.2 Å². The molecule has 0 aliphatic heterocycles. The maximum Gasteiger partial charge on any atom is 0.241 e. The maximum atomic E-state index is 12.6. The number of benzene rings is 1. The lowest BCUT2D eigenvalue weighted by atomic mass is 9.89. The van der Waals surface area contributed by atoms with Crippen LogP contribution in [0.1, 0.15) is 37.7 Å². The Morgan fingerprint density at radius 2 is 1.71 bits per heavy atom. The molecular weight excluding hydrogens is 260 g/mol. The molecule has 3 heteroatoms. The molecule has 0 N–H and O–H groups in total. The predicted octanol–water partition coefficient (Wildman–Crippen LogP) is 3.47. The van der Waals surface area contributed by atoms with Gasteiger partial charge in [-0.15, -0.1) is 0 Å². The van der Waals surface area contributed by atoms with Gasteiger partial charge in [0.25, 0.3) is 0 Å². The molecule has 0 radical (unpaired) electrons. The van der Waals surface area contributed by atoms with E-state index in [9.17, 15) is 4.79 Å². The summed E-state index contributed by atoms with van der Waals surface area (Å²) in [5.41, 5.74) is 2.27. The Labute approximate surface area is 128 Å². The number of carbonyl (C=O) groups is 1. The first-order chi connectivity index (χ1) is 10.1. The Bertz CT molecular complexity index is 447. The zero-order valence-corrected chi connectivity index (χ0v) is 13.6. The van der Waals surface area contributed by atoms with E-state index in [4.69, 9.17) is 0 Å². The maximum absolute atomic E-state index is 12.6. The van der Waals surface area contributed by atoms with Gasteiger partial charge in [0.05, 0.1) is 6.54 Å². The number of anilines is 1. The number of likely N-dealkylation sites (N-methyl/N-ethyl adjacent to an activating group) is 1. The van der Waals surface area contributed by atoms with Gasteiger partial charge in [-0.2, -0.15) is 0 Å². The first-order valence-electron chi connectivity index (χ1n) is 8.08. The summed E-state index contributed by atoms with van der Waals surface area (Å²) in [7, 11) is 3.90. The molecule has 2 rings (SSSR count). The number of aryl methyl sites for hydroxylation is 1. The standard InChI is InChI=1S/C18H28N2O/c1-15-9-11-17(12-10-15)20(18(21)14-19(2)3)13-16-7-5-4-6-8-16/h9-12,16H,4-8,13-14H2,1-3H3. The Kier molecular flexibility index (Phi) is 5.80. The Morgan fingerprint density at radius 1 is 1.10 bits per heavy atom. The van der Waals surface area contributed by atoms with Gasteiger partial charge in [-0.1, -0.05) is 37.0 Å². The summed E-state index contributed by atoms with van der Waals surface area (Å²) in [4.78, 5) is 16.5. The van der Waals surface area contributed by atoms with Crippen molar-refractivity contribution in [2.75, 3.05) is 32.1 Å². The topological polar surface area (TPSA) is 23.6 Å². The van der Waals surface area contributed by atoms with E-state index in [-0.39, 0.29) is 5.91 Å². The van der Waals surface area contributed by atoms with Crippen molar-refractivity contribution < 1.29 is 4.79 Å². The lowest BCUT2D eigenvalue weighted by molar-refractivity contribution is -0.119. The van der Waals surface area contributed by atoms with Gasteiger partial charge in [-0.3, -0.25) is 4.79 Å². The molecular formula is C18H28N2O. The van der Waals surface area contributed by atoms with Crippen LogP contribution in [0.2, 0.25) is 0 Å². The highest BCUT2D eigenvalue weighted by Gasteiger charge is 2.22. The van der Waals surface area contributed by atoms with Crippen LogP contribution in [-0.2, 0) is 4.79 Å². The van der Waals surface area contributed by atoms with Crippen LogP contribution < -0.4 is 4.90 Å². The van der Waals surface area contributed by atoms with Crippen molar-refractivity contribution in [3.63, 3.8) is 0 Å². The number of amides is 1. The van der Waals surface area contributed by atoms with Crippen LogP contribution >= 0.6 is 0 Å². The van der Waals surface area contributed by atoms with E-state index in [0.29, 0.717) is 12.5 Å². The van der Waals surface area contributed by atoms with Crippen molar-refractivity contribution in [3.8, 4) is 0 Å². The zero-order valence-electron chi connectivity index (χ0n) is 13.6. The summed E-state index contributed by atoms with van der Waals surface area (Å²) in [6.07, 6.45) is 6.50. The molecule has 21 heavy (non-hydrogen) atoms. The minimum atomic E-state index is 0.203. The van der Waals surface area contributed by atoms with E-state index in [1.807, 2.05) is 23.9 Å². The number of hydrogen-bond donors (Lipinski definition) is 0. The number of hydrogen-bond acceptors (Lipinski definition) is 2. The normalized spacial score (nSPS) is 16.2. The van der Waals surface area contributed by atoms with Crippen molar-refractivity contribution in [1.29, 1.82) is 0 Å². The fourth-order valence-electron chi connectivity index (χ4n) is 3.06. The molecule has 0 heterocycles. The second-order valence-electron chi connectivity index (χ2n) is 6.58. The van der Waals surface area contributed by atoms with Gasteiger partial charge in [0.2, 0.25) is 5.91 Å². The number of rotatable bonds is 5. The molecule has 3 nitrogen and oxygen atoms in total. The molecule has 0 aromatic heterocycles. The molecule has 0 spiro atoms. The monoisotopic (exact) mass is 288 g/mol. The van der Waals surface area contributed by atoms with Crippen molar-refractivity contribution in [2.45, 2.75) is 39.0 Å². The fraction of sp³-hybridized carbons (Fsp3) is 0.611. The second-order valence-corrected chi connectivity index (χ2v) is 6.58. The van der Waals surface area contributed by atoms with Crippen molar-refractivity contribution in [2.24, 2.45) is 5.92 Å². The van der Waals surface area contributed by atoms with E-state index in [2.05, 4.69) is 31.2 Å². The van der Waals surface area contributed by atoms with Crippen molar-refractivity contribution in [1.82, 2.24) is 4.90 Å². The van der Waals surface area contributed by atoms with Crippen LogP contribution in [0.3, 0.4) is 0 Å². The second kappa shape index (κ2) is 7.60. The highest BCUT2D eigenvalue weighted by atomic mass is 16.2. The van der Waals surface area contributed by atoms with E-state index in [1.165, 1.54) is 37.7 Å². The molecule has 0 saturated heterocycles. The van der Waals surface area contributed by atoms with Crippen LogP contribution in [0.4, 0.5) is 5.69 Å². The molecule has 1 aromatic carbocycles. The van der Waals surface area contributed by atoms with E-state index in [1.54, 1.807) is 0 Å². The lowest BCUT2D eigenvalue weighted by Gasteiger charge is -2.30. The van der Waals surface area contributed by atoms with E-state index < -0.39 is 0 Å². The third kappa shape index (κ3) is 4.85. The molecule has 1 saturated carbocycles. The van der Waals surface area contributed by atoms with Crippen LogP contribution in [0.15, 0.2) is 24.3 Å². The Hall–Kier alpha value is -1.35. The SMILES string of the molecule is Cc1ccc(N(CC2CCCCC2)C(=O)CN(C)C)cc1. The lowest BCUT2D eigenvalue weighted by Crippen LogP contribution is -2.41. The van der Waals surface area contributed by atoms with Crippen LogP contribution in [0.5, 0.6) is 0 Å². The van der Waals surface area contributed by atoms with Crippen molar-refractivity contribution >= 4 is 11.6 Å². The van der Waals surface area contributed by atoms with Crippen LogP contribution in [0, 0.1) is 12.8 Å². The summed E-state index contributed by atoms with van der Waals surface area (Å²) in [6, 6.07) is 8.33. The summed E-state index contributed by atoms with van der Waals surface area (Å²) in [6.45, 7) is 3.42. The van der Waals surface area contributed by atoms with Gasteiger partial charge >= 0.3 is 0 Å². The molecule has 0 unspecified atom stereocenters. The summed E-state index contributed by atoms with van der Waals surface area (Å²) in [5.74, 6) is 0.862. The van der Waals surface area contributed by atoms with Crippen LogP contribution in [0.25, 0.3) is 0 Å². The average molecular weight is 288 g/mol. The fourth-order valence-corrected chi connectivity index (χ4v) is 3.06. The number of nitrogens with zero attached hydrogens (tertiary/aromatic N) is 2. The van der Waals surface area contributed by atoms with Gasteiger partial charge in [0.1, 0.15) is 0 Å². The third-order valence-electron chi connectivity index (χ3n) is 4.26. The predicted molar refractivity (Wildman–Crippen MR) is 88.7 cm³/mol. The van der Waals surface area contributed by atoms with Gasteiger partial charge in [-0.05, 0) is 51.9 Å². The zero-order chi connectivity index (χ0) is 15.2. The highest BCUT2D eigenvalue weighted by molar-refractivity contribution is 5.94. The first kappa shape index (κ1) is 16.0. The molecule has 1 fully saturated rings. The molecule has 1 amide bonds. The smallest absolute Gasteiger partial charge is 0.241 e. The highest BCUT2D eigenvalue weighted by Crippen LogP contribution is 2.26. The molecule has 1 aliphatic carbocycles. The Morgan fingerprint density at radius 3 is 2.29 bits per heavy atom. The van der Waals surface area contributed by atoms with Crippen molar-refractivity contribution in [3.05, 3.63) is 29.8 Å². The molecule has 0 bridgehead atoms. The van der Waals surface area contributed by atoms with Gasteiger partial charge in [-0.25, -0.2) is 0 Å². The average Bonchev–Trinajstić information content (AvgIpc) is 2.46. The molecule has 116 valence electrons. The Balaban J connectivity index is 2.12.